The van der Waals surface area contributed by atoms with E-state index in [0.717, 1.165) is 59.0 Å². The fourth-order valence-corrected chi connectivity index (χ4v) is 4.06. The van der Waals surface area contributed by atoms with E-state index in [-0.39, 0.29) is 17.2 Å². The number of H-pyrrole nitrogens is 2. The van der Waals surface area contributed by atoms with Gasteiger partial charge < -0.3 is 35.5 Å². The molecule has 0 aliphatic rings. The third kappa shape index (κ3) is 3.36. The van der Waals surface area contributed by atoms with Crippen molar-refractivity contribution >= 4 is 21.8 Å². The lowest BCUT2D eigenvalue weighted by Crippen LogP contribution is -2.14. The molecule has 2 aromatic carbocycles. The number of aromatic nitrogens is 2. The first-order chi connectivity index (χ1) is 14.4. The van der Waals surface area contributed by atoms with Crippen LogP contribution in [0.2, 0.25) is 0 Å². The lowest BCUT2D eigenvalue weighted by Gasteiger charge is -2.12. The zero-order valence-corrected chi connectivity index (χ0v) is 17.5. The zero-order valence-electron chi connectivity index (χ0n) is 17.5. The van der Waals surface area contributed by atoms with Gasteiger partial charge in [0.2, 0.25) is 0 Å². The lowest BCUT2D eigenvalue weighted by atomic mass is 9.97. The molecule has 0 fully saturated rings. The summed E-state index contributed by atoms with van der Waals surface area (Å²) in [5.74, 6) is -0.0935. The van der Waals surface area contributed by atoms with Crippen molar-refractivity contribution in [3.05, 3.63) is 41.7 Å². The second-order valence-corrected chi connectivity index (χ2v) is 7.96. The third-order valence-electron chi connectivity index (χ3n) is 5.66. The van der Waals surface area contributed by atoms with Gasteiger partial charge in [-0.15, -0.1) is 0 Å². The van der Waals surface area contributed by atoms with Crippen LogP contribution in [0.25, 0.3) is 32.9 Å². The summed E-state index contributed by atoms with van der Waals surface area (Å²) in [6, 6.07) is 5.24. The Morgan fingerprint density at radius 2 is 1.63 bits per heavy atom. The molecule has 0 aliphatic carbocycles. The quantitative estimate of drug-likeness (QED) is 0.263. The molecule has 4 aromatic rings. The number of aromatic amines is 2. The Morgan fingerprint density at radius 1 is 0.900 bits per heavy atom. The number of benzene rings is 2. The molecule has 0 spiro atoms. The minimum absolute atomic E-state index is 0.124. The Bertz CT molecular complexity index is 1210. The number of nitrogens with zero attached hydrogens (tertiary/aromatic N) is 1. The molecule has 7 heteroatoms. The Labute approximate surface area is 175 Å². The predicted octanol–water partition coefficient (Wildman–Crippen LogP) is 3.30. The van der Waals surface area contributed by atoms with E-state index in [0.29, 0.717) is 10.9 Å². The SMILES string of the molecule is CNCCc1c[nH]c2c(-c3cc4[nH]cc(CCN(C)C)c4c(O)c3O)ccc(O)c12. The average molecular weight is 409 g/mol. The summed E-state index contributed by atoms with van der Waals surface area (Å²) in [6.45, 7) is 1.62. The van der Waals surface area contributed by atoms with Crippen molar-refractivity contribution in [3.8, 4) is 28.4 Å². The zero-order chi connectivity index (χ0) is 21.4. The van der Waals surface area contributed by atoms with E-state index in [1.54, 1.807) is 12.1 Å². The van der Waals surface area contributed by atoms with Crippen LogP contribution >= 0.6 is 0 Å². The molecule has 158 valence electrons. The number of rotatable bonds is 7. The monoisotopic (exact) mass is 408 g/mol. The molecule has 0 saturated carbocycles. The second-order valence-electron chi connectivity index (χ2n) is 7.96. The highest BCUT2D eigenvalue weighted by Crippen LogP contribution is 2.46. The van der Waals surface area contributed by atoms with Crippen LogP contribution in [-0.2, 0) is 12.8 Å². The van der Waals surface area contributed by atoms with Crippen LogP contribution in [0.1, 0.15) is 11.1 Å². The number of hydrogen-bond acceptors (Lipinski definition) is 5. The largest absolute Gasteiger partial charge is 0.507 e. The van der Waals surface area contributed by atoms with Crippen molar-refractivity contribution in [2.24, 2.45) is 0 Å². The molecule has 0 bridgehead atoms. The van der Waals surface area contributed by atoms with E-state index in [1.807, 2.05) is 39.6 Å². The van der Waals surface area contributed by atoms with Gasteiger partial charge in [-0.2, -0.15) is 0 Å². The highest BCUT2D eigenvalue weighted by Gasteiger charge is 2.21. The van der Waals surface area contributed by atoms with E-state index in [9.17, 15) is 15.3 Å². The average Bonchev–Trinajstić information content (AvgIpc) is 3.33. The molecule has 0 amide bonds. The van der Waals surface area contributed by atoms with Gasteiger partial charge in [0.1, 0.15) is 5.75 Å². The maximum absolute atomic E-state index is 10.9. The molecule has 0 atom stereocenters. The molecule has 0 unspecified atom stereocenters. The number of hydrogen-bond donors (Lipinski definition) is 6. The van der Waals surface area contributed by atoms with Crippen LogP contribution in [0.3, 0.4) is 0 Å². The molecule has 2 aromatic heterocycles. The fraction of sp³-hybridized carbons (Fsp3) is 0.304. The first-order valence-corrected chi connectivity index (χ1v) is 10.1. The van der Waals surface area contributed by atoms with Crippen LogP contribution in [0, 0.1) is 0 Å². The van der Waals surface area contributed by atoms with Gasteiger partial charge in [0.15, 0.2) is 11.5 Å². The summed E-state index contributed by atoms with van der Waals surface area (Å²) in [5.41, 5.74) is 4.68. The maximum Gasteiger partial charge on any atom is 0.167 e. The molecule has 0 aliphatic heterocycles. The van der Waals surface area contributed by atoms with E-state index in [2.05, 4.69) is 20.2 Å². The van der Waals surface area contributed by atoms with Crippen LogP contribution in [0.5, 0.6) is 17.2 Å². The van der Waals surface area contributed by atoms with Crippen molar-refractivity contribution in [1.29, 1.82) is 0 Å². The lowest BCUT2D eigenvalue weighted by molar-refractivity contribution is 0.407. The summed E-state index contributed by atoms with van der Waals surface area (Å²) in [4.78, 5) is 8.54. The molecule has 6 N–H and O–H groups in total. The van der Waals surface area contributed by atoms with Gasteiger partial charge in [-0.1, -0.05) is 0 Å². The molecular formula is C23H28N4O3. The Morgan fingerprint density at radius 3 is 2.37 bits per heavy atom. The molecular weight excluding hydrogens is 380 g/mol. The van der Waals surface area contributed by atoms with Gasteiger partial charge in [0, 0.05) is 40.8 Å². The predicted molar refractivity (Wildman–Crippen MR) is 120 cm³/mol. The fourth-order valence-electron chi connectivity index (χ4n) is 4.06. The molecule has 30 heavy (non-hydrogen) atoms. The summed E-state index contributed by atoms with van der Waals surface area (Å²) >= 11 is 0. The first kappa shape index (κ1) is 20.1. The van der Waals surface area contributed by atoms with Crippen molar-refractivity contribution in [3.63, 3.8) is 0 Å². The van der Waals surface area contributed by atoms with E-state index in [4.69, 9.17) is 0 Å². The van der Waals surface area contributed by atoms with Crippen LogP contribution in [0.15, 0.2) is 30.6 Å². The number of nitrogens with one attached hydrogen (secondary N) is 3. The summed E-state index contributed by atoms with van der Waals surface area (Å²) in [5, 5.41) is 36.7. The van der Waals surface area contributed by atoms with Crippen LogP contribution < -0.4 is 5.32 Å². The van der Waals surface area contributed by atoms with Crippen molar-refractivity contribution in [1.82, 2.24) is 20.2 Å². The van der Waals surface area contributed by atoms with E-state index in [1.165, 1.54) is 0 Å². The normalized spacial score (nSPS) is 11.9. The minimum atomic E-state index is -0.161. The van der Waals surface area contributed by atoms with Crippen molar-refractivity contribution < 1.29 is 15.3 Å². The molecule has 4 rings (SSSR count). The summed E-state index contributed by atoms with van der Waals surface area (Å²) in [7, 11) is 5.89. The van der Waals surface area contributed by atoms with Crippen LogP contribution in [-0.4, -0.2) is 64.4 Å². The highest BCUT2D eigenvalue weighted by molar-refractivity contribution is 6.04. The topological polar surface area (TPSA) is 108 Å². The Balaban J connectivity index is 1.86. The molecule has 7 nitrogen and oxygen atoms in total. The van der Waals surface area contributed by atoms with Gasteiger partial charge >= 0.3 is 0 Å². The Kier molecular flexibility index (Phi) is 5.32. The van der Waals surface area contributed by atoms with Gasteiger partial charge in [-0.05, 0) is 69.9 Å². The smallest absolute Gasteiger partial charge is 0.167 e. The first-order valence-electron chi connectivity index (χ1n) is 10.1. The van der Waals surface area contributed by atoms with Gasteiger partial charge in [-0.25, -0.2) is 0 Å². The number of aromatic hydroxyl groups is 3. The van der Waals surface area contributed by atoms with E-state index < -0.39 is 0 Å². The highest BCUT2D eigenvalue weighted by atomic mass is 16.3. The summed E-state index contributed by atoms with van der Waals surface area (Å²) < 4.78 is 0. The van der Waals surface area contributed by atoms with Gasteiger partial charge in [0.25, 0.3) is 0 Å². The van der Waals surface area contributed by atoms with E-state index >= 15 is 0 Å². The molecule has 0 radical (unpaired) electrons. The maximum atomic E-state index is 10.9. The number of fused-ring (bicyclic) bond motifs is 2. The standard InChI is InChI=1S/C23H28N4O3/c1-24-8-6-13-12-26-21-15(4-5-18(28)20(13)21)16-10-17-19(23(30)22(16)29)14(11-25-17)7-9-27(2)3/h4-5,10-12,24-26,28-30H,6-9H2,1-3H3. The van der Waals surface area contributed by atoms with Gasteiger partial charge in [-0.3, -0.25) is 0 Å². The van der Waals surface area contributed by atoms with Gasteiger partial charge in [0.05, 0.1) is 11.0 Å². The molecule has 0 saturated heterocycles. The number of likely N-dealkylation sites (N-methyl/N-ethyl adjacent to an activating group) is 2. The molecule has 2 heterocycles. The Hall–Kier alpha value is -3.16. The number of phenols is 3. The second kappa shape index (κ2) is 7.93. The van der Waals surface area contributed by atoms with Crippen molar-refractivity contribution in [2.75, 3.05) is 34.2 Å². The number of phenolic OH excluding ortho intramolecular Hbond substituents is 3. The summed E-state index contributed by atoms with van der Waals surface area (Å²) in [6.07, 6.45) is 5.28. The van der Waals surface area contributed by atoms with Crippen LogP contribution in [0.4, 0.5) is 0 Å². The van der Waals surface area contributed by atoms with Crippen molar-refractivity contribution in [2.45, 2.75) is 12.8 Å². The third-order valence-corrected chi connectivity index (χ3v) is 5.66. The minimum Gasteiger partial charge on any atom is -0.507 e.